The van der Waals surface area contributed by atoms with Gasteiger partial charge in [-0.05, 0) is 47.9 Å². The first kappa shape index (κ1) is 20.5. The van der Waals surface area contributed by atoms with Gasteiger partial charge in [0, 0.05) is 17.6 Å². The summed E-state index contributed by atoms with van der Waals surface area (Å²) in [7, 11) is 0. The molecular formula is C22H26N6. The molecule has 28 heavy (non-hydrogen) atoms. The molecule has 0 fully saturated rings. The Morgan fingerprint density at radius 3 is 2.57 bits per heavy atom. The third-order valence-corrected chi connectivity index (χ3v) is 4.02. The molecule has 144 valence electrons. The first-order chi connectivity index (χ1) is 13.0. The summed E-state index contributed by atoms with van der Waals surface area (Å²) in [5.74, 6) is 0.819. The van der Waals surface area contributed by atoms with Crippen LogP contribution < -0.4 is 22.1 Å². The largest absolute Gasteiger partial charge is 0.384 e. The number of nitrogen functional groups attached to an aromatic ring is 2. The van der Waals surface area contributed by atoms with Crippen molar-refractivity contribution in [2.75, 3.05) is 11.1 Å². The summed E-state index contributed by atoms with van der Waals surface area (Å²) < 4.78 is 0. The standard InChI is InChI=1S/C21H22N6.CH4/c1-14(26-16-6-4-2-3-5-7-16)27-17-10-8-15(9-11-17)18-12-13-25-21(24)19(18)20(22)23;/h2,4-13,26-27H,1,3H2,(H3,22,23)(H2,24,25);1H4. The number of aromatic nitrogens is 1. The third kappa shape index (κ3) is 4.88. The van der Waals surface area contributed by atoms with Gasteiger partial charge in [-0.1, -0.05) is 44.4 Å². The lowest BCUT2D eigenvalue weighted by Gasteiger charge is -2.14. The molecule has 3 rings (SSSR count). The molecule has 0 spiro atoms. The number of anilines is 2. The van der Waals surface area contributed by atoms with Crippen LogP contribution in [0, 0.1) is 5.41 Å². The average Bonchev–Trinajstić information content (AvgIpc) is 2.90. The molecule has 2 aromatic rings. The van der Waals surface area contributed by atoms with E-state index in [2.05, 4.69) is 34.3 Å². The van der Waals surface area contributed by atoms with Gasteiger partial charge in [-0.15, -0.1) is 0 Å². The Bertz CT molecular complexity index is 951. The zero-order valence-electron chi connectivity index (χ0n) is 14.9. The number of nitrogens with one attached hydrogen (secondary N) is 3. The highest BCUT2D eigenvalue weighted by molar-refractivity contribution is 6.05. The van der Waals surface area contributed by atoms with Gasteiger partial charge in [0.05, 0.1) is 5.56 Å². The zero-order valence-corrected chi connectivity index (χ0v) is 14.9. The van der Waals surface area contributed by atoms with E-state index in [0.717, 1.165) is 28.9 Å². The van der Waals surface area contributed by atoms with E-state index in [-0.39, 0.29) is 19.1 Å². The molecule has 0 saturated heterocycles. The van der Waals surface area contributed by atoms with E-state index in [9.17, 15) is 0 Å². The van der Waals surface area contributed by atoms with Gasteiger partial charge in [0.2, 0.25) is 0 Å². The highest BCUT2D eigenvalue weighted by atomic mass is 15.1. The number of rotatable bonds is 6. The summed E-state index contributed by atoms with van der Waals surface area (Å²) in [6.07, 6.45) is 12.7. The van der Waals surface area contributed by atoms with E-state index in [1.165, 1.54) is 0 Å². The molecule has 6 heteroatoms. The van der Waals surface area contributed by atoms with Crippen LogP contribution in [0.4, 0.5) is 11.5 Å². The number of nitrogens with two attached hydrogens (primary N) is 2. The van der Waals surface area contributed by atoms with Gasteiger partial charge in [-0.3, -0.25) is 5.41 Å². The molecule has 1 heterocycles. The maximum absolute atomic E-state index is 7.75. The highest BCUT2D eigenvalue weighted by Crippen LogP contribution is 2.27. The summed E-state index contributed by atoms with van der Waals surface area (Å²) in [6.45, 7) is 4.01. The fourth-order valence-corrected chi connectivity index (χ4v) is 2.78. The van der Waals surface area contributed by atoms with Gasteiger partial charge < -0.3 is 22.1 Å². The van der Waals surface area contributed by atoms with Crippen LogP contribution >= 0.6 is 0 Å². The Morgan fingerprint density at radius 1 is 1.11 bits per heavy atom. The Balaban J connectivity index is 0.00000280. The van der Waals surface area contributed by atoms with E-state index in [4.69, 9.17) is 16.9 Å². The van der Waals surface area contributed by atoms with Crippen LogP contribution in [-0.2, 0) is 0 Å². The molecule has 6 nitrogen and oxygen atoms in total. The van der Waals surface area contributed by atoms with E-state index >= 15 is 0 Å². The van der Waals surface area contributed by atoms with Crippen LogP contribution in [0.25, 0.3) is 11.1 Å². The number of pyridine rings is 1. The maximum atomic E-state index is 7.75. The first-order valence-electron chi connectivity index (χ1n) is 8.50. The second kappa shape index (κ2) is 9.23. The molecule has 1 aromatic carbocycles. The van der Waals surface area contributed by atoms with Crippen molar-refractivity contribution in [1.29, 1.82) is 5.41 Å². The highest BCUT2D eigenvalue weighted by Gasteiger charge is 2.12. The van der Waals surface area contributed by atoms with Crippen LogP contribution in [0.3, 0.4) is 0 Å². The summed E-state index contributed by atoms with van der Waals surface area (Å²) in [5.41, 5.74) is 15.5. The van der Waals surface area contributed by atoms with Gasteiger partial charge in [0.1, 0.15) is 17.5 Å². The van der Waals surface area contributed by atoms with Crippen molar-refractivity contribution in [1.82, 2.24) is 10.3 Å². The zero-order chi connectivity index (χ0) is 19.2. The van der Waals surface area contributed by atoms with E-state index in [1.54, 1.807) is 12.3 Å². The number of hydrogen-bond acceptors (Lipinski definition) is 5. The third-order valence-electron chi connectivity index (χ3n) is 4.02. The van der Waals surface area contributed by atoms with Gasteiger partial charge >= 0.3 is 0 Å². The summed E-state index contributed by atoms with van der Waals surface area (Å²) in [6, 6.07) is 9.53. The van der Waals surface area contributed by atoms with Gasteiger partial charge in [0.25, 0.3) is 0 Å². The molecule has 0 aliphatic heterocycles. The van der Waals surface area contributed by atoms with E-state index < -0.39 is 0 Å². The van der Waals surface area contributed by atoms with Crippen molar-refractivity contribution in [3.63, 3.8) is 0 Å². The maximum Gasteiger partial charge on any atom is 0.134 e. The predicted octanol–water partition coefficient (Wildman–Crippen LogP) is 4.12. The lowest BCUT2D eigenvalue weighted by atomic mass is 10.00. The number of nitrogens with zero attached hydrogens (tertiary/aromatic N) is 1. The van der Waals surface area contributed by atoms with Crippen molar-refractivity contribution in [2.45, 2.75) is 13.8 Å². The number of hydrogen-bond donors (Lipinski definition) is 5. The summed E-state index contributed by atoms with van der Waals surface area (Å²) in [4.78, 5) is 4.01. The average molecular weight is 374 g/mol. The molecule has 1 aliphatic rings. The van der Waals surface area contributed by atoms with Gasteiger partial charge in [-0.2, -0.15) is 0 Å². The monoisotopic (exact) mass is 374 g/mol. The van der Waals surface area contributed by atoms with Gasteiger partial charge in [0.15, 0.2) is 0 Å². The minimum Gasteiger partial charge on any atom is -0.384 e. The van der Waals surface area contributed by atoms with Crippen LogP contribution in [0.5, 0.6) is 0 Å². The molecule has 1 aliphatic carbocycles. The molecule has 0 saturated carbocycles. The first-order valence-corrected chi connectivity index (χ1v) is 8.50. The SMILES string of the molecule is C.C=C(NC1=CC=CCC=C1)Nc1ccc(-c2ccnc(N)c2C(=N)N)cc1. The van der Waals surface area contributed by atoms with Crippen LogP contribution in [0.2, 0.25) is 0 Å². The molecular weight excluding hydrogens is 348 g/mol. The van der Waals surface area contributed by atoms with Crippen LogP contribution in [0.1, 0.15) is 19.4 Å². The number of amidine groups is 1. The van der Waals surface area contributed by atoms with E-state index in [1.807, 2.05) is 42.5 Å². The molecule has 0 radical (unpaired) electrons. The minimum atomic E-state index is -0.103. The van der Waals surface area contributed by atoms with Crippen LogP contribution in [-0.4, -0.2) is 10.8 Å². The lowest BCUT2D eigenvalue weighted by Crippen LogP contribution is -2.17. The smallest absolute Gasteiger partial charge is 0.134 e. The molecule has 7 N–H and O–H groups in total. The Morgan fingerprint density at radius 2 is 1.86 bits per heavy atom. The topological polar surface area (TPSA) is 113 Å². The van der Waals surface area contributed by atoms with E-state index in [0.29, 0.717) is 11.4 Å². The predicted molar refractivity (Wildman–Crippen MR) is 119 cm³/mol. The molecule has 1 aromatic heterocycles. The van der Waals surface area contributed by atoms with Crippen molar-refractivity contribution < 1.29 is 0 Å². The van der Waals surface area contributed by atoms with Crippen LogP contribution in [0.15, 0.2) is 85.0 Å². The van der Waals surface area contributed by atoms with Gasteiger partial charge in [-0.25, -0.2) is 4.98 Å². The molecule has 0 unspecified atom stereocenters. The molecule has 0 atom stereocenters. The minimum absolute atomic E-state index is 0. The quantitative estimate of drug-likeness (QED) is 0.385. The second-order valence-electron chi connectivity index (χ2n) is 6.03. The molecule has 0 amide bonds. The fraction of sp³-hybridized carbons (Fsp3) is 0.0909. The lowest BCUT2D eigenvalue weighted by molar-refractivity contribution is 1.02. The normalized spacial score (nSPS) is 12.4. The number of allylic oxidation sites excluding steroid dienone is 5. The molecule has 0 bridgehead atoms. The Labute approximate surface area is 165 Å². The summed E-state index contributed by atoms with van der Waals surface area (Å²) >= 11 is 0. The number of benzene rings is 1. The Kier molecular flexibility index (Phi) is 6.76. The Hall–Kier alpha value is -3.80. The van der Waals surface area contributed by atoms with Crippen molar-refractivity contribution >= 4 is 17.3 Å². The fourth-order valence-electron chi connectivity index (χ4n) is 2.78. The van der Waals surface area contributed by atoms with Crippen molar-refractivity contribution in [2.24, 2.45) is 5.73 Å². The van der Waals surface area contributed by atoms with Crippen molar-refractivity contribution in [3.05, 3.63) is 90.6 Å². The van der Waals surface area contributed by atoms with Crippen molar-refractivity contribution in [3.8, 4) is 11.1 Å². The summed E-state index contributed by atoms with van der Waals surface area (Å²) in [5, 5.41) is 14.2. The second-order valence-corrected chi connectivity index (χ2v) is 6.03.